The second-order valence-corrected chi connectivity index (χ2v) is 8.22. The Bertz CT molecular complexity index is 420. The second-order valence-electron chi connectivity index (χ2n) is 5.96. The maximum absolute atomic E-state index is 11.2. The van der Waals surface area contributed by atoms with Gasteiger partial charge in [-0.25, -0.2) is 8.42 Å². The summed E-state index contributed by atoms with van der Waals surface area (Å²) in [6.07, 6.45) is 4.07. The molecule has 0 aromatic rings. The van der Waals surface area contributed by atoms with Gasteiger partial charge in [-0.2, -0.15) is 0 Å². The number of nitrogens with zero attached hydrogens (tertiary/aromatic N) is 2. The van der Waals surface area contributed by atoms with Gasteiger partial charge in [0.2, 0.25) is 0 Å². The molecule has 0 spiro atoms. The van der Waals surface area contributed by atoms with Gasteiger partial charge in [-0.3, -0.25) is 4.99 Å². The van der Waals surface area contributed by atoms with E-state index >= 15 is 0 Å². The van der Waals surface area contributed by atoms with E-state index in [0.717, 1.165) is 51.5 Å². The van der Waals surface area contributed by atoms with Crippen molar-refractivity contribution in [1.29, 1.82) is 0 Å². The predicted molar refractivity (Wildman–Crippen MR) is 99.9 cm³/mol. The standard InChI is InChI=1S/C16H36N4O2S/c1-6-17-16(19-15(4)11-14-23(5,21)22)18-12-9-10-13-20(7-2)8-3/h15H,6-14H2,1-5H3,(H2,17,18,19). The highest BCUT2D eigenvalue weighted by Gasteiger charge is 2.09. The normalized spacial score (nSPS) is 14.1. The van der Waals surface area contributed by atoms with Crippen LogP contribution in [0, 0.1) is 0 Å². The van der Waals surface area contributed by atoms with Gasteiger partial charge in [-0.05, 0) is 52.7 Å². The maximum Gasteiger partial charge on any atom is 0.191 e. The smallest absolute Gasteiger partial charge is 0.191 e. The number of rotatable bonds is 12. The van der Waals surface area contributed by atoms with Crippen molar-refractivity contribution in [1.82, 2.24) is 15.5 Å². The van der Waals surface area contributed by atoms with E-state index in [9.17, 15) is 8.42 Å². The third-order valence-electron chi connectivity index (χ3n) is 3.70. The molecule has 0 amide bonds. The summed E-state index contributed by atoms with van der Waals surface area (Å²) in [7, 11) is -2.91. The van der Waals surface area contributed by atoms with E-state index < -0.39 is 9.84 Å². The Labute approximate surface area is 143 Å². The quantitative estimate of drug-likeness (QED) is 0.317. The summed E-state index contributed by atoms with van der Waals surface area (Å²) < 4.78 is 22.4. The minimum atomic E-state index is -2.91. The van der Waals surface area contributed by atoms with Gasteiger partial charge in [0.1, 0.15) is 9.84 Å². The molecule has 0 aliphatic rings. The number of aliphatic imine (C=N–C) groups is 1. The van der Waals surface area contributed by atoms with E-state index in [0.29, 0.717) is 6.42 Å². The fourth-order valence-electron chi connectivity index (χ4n) is 2.19. The summed E-state index contributed by atoms with van der Waals surface area (Å²) in [4.78, 5) is 6.99. The van der Waals surface area contributed by atoms with Crippen LogP contribution in [0.5, 0.6) is 0 Å². The van der Waals surface area contributed by atoms with Crippen molar-refractivity contribution < 1.29 is 8.42 Å². The lowest BCUT2D eigenvalue weighted by Crippen LogP contribution is -2.42. The van der Waals surface area contributed by atoms with Gasteiger partial charge in [0, 0.05) is 25.4 Å². The number of guanidine groups is 1. The van der Waals surface area contributed by atoms with Gasteiger partial charge < -0.3 is 15.5 Å². The Morgan fingerprint density at radius 2 is 1.83 bits per heavy atom. The Hall–Kier alpha value is -0.820. The van der Waals surface area contributed by atoms with Crippen molar-refractivity contribution in [2.45, 2.75) is 53.0 Å². The summed E-state index contributed by atoms with van der Waals surface area (Å²) in [5.41, 5.74) is 0. The molecule has 0 aromatic carbocycles. The minimum absolute atomic E-state index is 0.0817. The van der Waals surface area contributed by atoms with Crippen LogP contribution in [0.25, 0.3) is 0 Å². The van der Waals surface area contributed by atoms with Crippen LogP contribution in [0.2, 0.25) is 0 Å². The lowest BCUT2D eigenvalue weighted by Gasteiger charge is -2.18. The maximum atomic E-state index is 11.2. The number of nitrogens with one attached hydrogen (secondary N) is 2. The van der Waals surface area contributed by atoms with E-state index in [-0.39, 0.29) is 11.8 Å². The average Bonchev–Trinajstić information content (AvgIpc) is 2.48. The Balaban J connectivity index is 4.17. The van der Waals surface area contributed by atoms with E-state index in [2.05, 4.69) is 34.4 Å². The van der Waals surface area contributed by atoms with Gasteiger partial charge in [-0.1, -0.05) is 13.8 Å². The SMILES string of the molecule is CCNC(=NCCCCN(CC)CC)NC(C)CCS(C)(=O)=O. The molecule has 0 saturated carbocycles. The molecular formula is C16H36N4O2S. The Kier molecular flexibility index (Phi) is 12.1. The first kappa shape index (κ1) is 22.2. The van der Waals surface area contributed by atoms with Crippen LogP contribution < -0.4 is 10.6 Å². The van der Waals surface area contributed by atoms with E-state index in [4.69, 9.17) is 0 Å². The zero-order valence-electron chi connectivity index (χ0n) is 15.6. The van der Waals surface area contributed by atoms with Crippen molar-refractivity contribution >= 4 is 15.8 Å². The molecule has 0 aliphatic carbocycles. The van der Waals surface area contributed by atoms with E-state index in [1.54, 1.807) is 0 Å². The molecule has 2 N–H and O–H groups in total. The number of hydrogen-bond donors (Lipinski definition) is 2. The van der Waals surface area contributed by atoms with Crippen molar-refractivity contribution in [3.05, 3.63) is 0 Å². The van der Waals surface area contributed by atoms with Gasteiger partial charge in [0.25, 0.3) is 0 Å². The molecule has 7 heteroatoms. The second kappa shape index (κ2) is 12.6. The highest BCUT2D eigenvalue weighted by molar-refractivity contribution is 7.90. The van der Waals surface area contributed by atoms with Crippen LogP contribution in [-0.2, 0) is 9.84 Å². The Morgan fingerprint density at radius 3 is 2.35 bits per heavy atom. The summed E-state index contributed by atoms with van der Waals surface area (Å²) >= 11 is 0. The molecule has 6 nitrogen and oxygen atoms in total. The van der Waals surface area contributed by atoms with Crippen molar-refractivity contribution in [2.24, 2.45) is 4.99 Å². The first-order valence-electron chi connectivity index (χ1n) is 8.77. The lowest BCUT2D eigenvalue weighted by molar-refractivity contribution is 0.297. The first-order chi connectivity index (χ1) is 10.8. The summed E-state index contributed by atoms with van der Waals surface area (Å²) in [6.45, 7) is 13.3. The highest BCUT2D eigenvalue weighted by Crippen LogP contribution is 1.97. The molecule has 0 fully saturated rings. The van der Waals surface area contributed by atoms with Gasteiger partial charge in [0.05, 0.1) is 5.75 Å². The molecule has 0 aliphatic heterocycles. The van der Waals surface area contributed by atoms with Gasteiger partial charge in [-0.15, -0.1) is 0 Å². The molecule has 0 rings (SSSR count). The molecule has 1 atom stereocenters. The number of sulfone groups is 1. The molecule has 0 saturated heterocycles. The van der Waals surface area contributed by atoms with Gasteiger partial charge >= 0.3 is 0 Å². The molecule has 0 bridgehead atoms. The lowest BCUT2D eigenvalue weighted by atomic mass is 10.2. The van der Waals surface area contributed by atoms with Crippen LogP contribution >= 0.6 is 0 Å². The average molecular weight is 349 g/mol. The van der Waals surface area contributed by atoms with Crippen LogP contribution in [-0.4, -0.2) is 70.1 Å². The molecular weight excluding hydrogens is 312 g/mol. The third-order valence-corrected chi connectivity index (χ3v) is 4.67. The molecule has 138 valence electrons. The molecule has 0 heterocycles. The zero-order chi connectivity index (χ0) is 17.7. The van der Waals surface area contributed by atoms with Crippen LogP contribution in [0.4, 0.5) is 0 Å². The van der Waals surface area contributed by atoms with Crippen LogP contribution in [0.3, 0.4) is 0 Å². The molecule has 1 unspecified atom stereocenters. The van der Waals surface area contributed by atoms with Crippen LogP contribution in [0.1, 0.15) is 47.0 Å². The fraction of sp³-hybridized carbons (Fsp3) is 0.938. The minimum Gasteiger partial charge on any atom is -0.357 e. The van der Waals surface area contributed by atoms with Crippen molar-refractivity contribution in [3.63, 3.8) is 0 Å². The fourth-order valence-corrected chi connectivity index (χ4v) is 2.98. The zero-order valence-corrected chi connectivity index (χ0v) is 16.4. The molecule has 23 heavy (non-hydrogen) atoms. The largest absolute Gasteiger partial charge is 0.357 e. The molecule has 0 aromatic heterocycles. The number of hydrogen-bond acceptors (Lipinski definition) is 4. The monoisotopic (exact) mass is 348 g/mol. The van der Waals surface area contributed by atoms with Gasteiger partial charge in [0.15, 0.2) is 5.96 Å². The summed E-state index contributed by atoms with van der Waals surface area (Å²) in [5.74, 6) is 0.973. The van der Waals surface area contributed by atoms with Crippen LogP contribution in [0.15, 0.2) is 4.99 Å². The highest BCUT2D eigenvalue weighted by atomic mass is 32.2. The molecule has 0 radical (unpaired) electrons. The Morgan fingerprint density at radius 1 is 1.17 bits per heavy atom. The topological polar surface area (TPSA) is 73.8 Å². The summed E-state index contributed by atoms with van der Waals surface area (Å²) in [5, 5.41) is 6.49. The van der Waals surface area contributed by atoms with E-state index in [1.807, 2.05) is 13.8 Å². The van der Waals surface area contributed by atoms with Crippen molar-refractivity contribution in [2.75, 3.05) is 44.7 Å². The first-order valence-corrected chi connectivity index (χ1v) is 10.8. The summed E-state index contributed by atoms with van der Waals surface area (Å²) in [6, 6.07) is 0.0817. The third kappa shape index (κ3) is 13.3. The van der Waals surface area contributed by atoms with Crippen molar-refractivity contribution in [3.8, 4) is 0 Å². The number of unbranched alkanes of at least 4 members (excludes halogenated alkanes) is 1. The predicted octanol–water partition coefficient (Wildman–Crippen LogP) is 1.49. The van der Waals surface area contributed by atoms with E-state index in [1.165, 1.54) is 6.26 Å².